The van der Waals surface area contributed by atoms with Gasteiger partial charge in [-0.05, 0) is 23.8 Å². The number of rotatable bonds is 5. The third-order valence-corrected chi connectivity index (χ3v) is 4.60. The molecule has 30 heavy (non-hydrogen) atoms. The fourth-order valence-electron chi connectivity index (χ4n) is 3.14. The Morgan fingerprint density at radius 2 is 1.87 bits per heavy atom. The molecule has 0 bridgehead atoms. The predicted octanol–water partition coefficient (Wildman–Crippen LogP) is 3.52. The third-order valence-electron chi connectivity index (χ3n) is 4.60. The number of halogens is 4. The second-order valence-electron chi connectivity index (χ2n) is 6.54. The summed E-state index contributed by atoms with van der Waals surface area (Å²) in [6, 6.07) is 5.92. The van der Waals surface area contributed by atoms with Crippen LogP contribution in [0.4, 0.5) is 28.9 Å². The smallest absolute Gasteiger partial charge is 0.378 e. The van der Waals surface area contributed by atoms with Gasteiger partial charge in [-0.3, -0.25) is 14.9 Å². The van der Waals surface area contributed by atoms with E-state index in [2.05, 4.69) is 5.32 Å². The molecule has 0 radical (unpaired) electrons. The van der Waals surface area contributed by atoms with Crippen LogP contribution in [0.2, 0.25) is 0 Å². The molecule has 0 atom stereocenters. The van der Waals surface area contributed by atoms with Gasteiger partial charge in [-0.2, -0.15) is 13.2 Å². The molecule has 1 aliphatic rings. The molecule has 0 spiro atoms. The van der Waals surface area contributed by atoms with Crippen LogP contribution in [-0.2, 0) is 17.5 Å². The minimum atomic E-state index is -4.80. The average molecular weight is 427 g/mol. The third kappa shape index (κ3) is 4.85. The zero-order valence-corrected chi connectivity index (χ0v) is 15.5. The Balaban J connectivity index is 1.88. The van der Waals surface area contributed by atoms with Crippen molar-refractivity contribution in [1.29, 1.82) is 0 Å². The number of nitrogens with zero attached hydrogens (tertiary/aromatic N) is 2. The van der Waals surface area contributed by atoms with E-state index in [0.717, 1.165) is 18.2 Å². The first-order valence-electron chi connectivity index (χ1n) is 8.92. The summed E-state index contributed by atoms with van der Waals surface area (Å²) in [5.41, 5.74) is -1.47. The highest BCUT2D eigenvalue weighted by molar-refractivity contribution is 6.00. The van der Waals surface area contributed by atoms with Gasteiger partial charge in [-0.1, -0.05) is 6.07 Å². The van der Waals surface area contributed by atoms with E-state index < -0.39 is 34.9 Å². The maximum Gasteiger partial charge on any atom is 0.416 e. The fourth-order valence-corrected chi connectivity index (χ4v) is 3.14. The number of nitro groups is 1. The van der Waals surface area contributed by atoms with E-state index in [-0.39, 0.29) is 16.8 Å². The van der Waals surface area contributed by atoms with Crippen molar-refractivity contribution in [2.24, 2.45) is 0 Å². The molecule has 2 aromatic rings. The van der Waals surface area contributed by atoms with E-state index in [1.807, 2.05) is 0 Å². The highest BCUT2D eigenvalue weighted by atomic mass is 19.4. The highest BCUT2D eigenvalue weighted by Gasteiger charge is 2.34. The van der Waals surface area contributed by atoms with Crippen molar-refractivity contribution in [3.63, 3.8) is 0 Å². The highest BCUT2D eigenvalue weighted by Crippen LogP contribution is 2.33. The Hall–Kier alpha value is -3.21. The van der Waals surface area contributed by atoms with E-state index in [1.54, 1.807) is 4.90 Å². The molecule has 3 rings (SSSR count). The molecular weight excluding hydrogens is 410 g/mol. The monoisotopic (exact) mass is 427 g/mol. The number of nitro benzene ring substituents is 1. The Morgan fingerprint density at radius 1 is 1.17 bits per heavy atom. The van der Waals surface area contributed by atoms with E-state index in [0.29, 0.717) is 38.1 Å². The number of nitrogens with one attached hydrogen (secondary N) is 1. The van der Waals surface area contributed by atoms with Gasteiger partial charge in [-0.15, -0.1) is 0 Å². The summed E-state index contributed by atoms with van der Waals surface area (Å²) < 4.78 is 58.0. The van der Waals surface area contributed by atoms with Gasteiger partial charge in [0.25, 0.3) is 11.6 Å². The van der Waals surface area contributed by atoms with Gasteiger partial charge in [0.2, 0.25) is 0 Å². The molecular formula is C19H17F4N3O4. The standard InChI is InChI=1S/C19H17F4N3O4/c20-13-2-1-12(16(9-13)19(21,22)23)11-24-18(27)15-10-14(26(28)29)3-4-17(15)25-5-7-30-8-6-25/h1-4,9-10H,5-8,11H2,(H,24,27). The van der Waals surface area contributed by atoms with Crippen molar-refractivity contribution < 1.29 is 32.0 Å². The molecule has 1 heterocycles. The van der Waals surface area contributed by atoms with Gasteiger partial charge in [0.15, 0.2) is 0 Å². The first-order chi connectivity index (χ1) is 14.2. The fraction of sp³-hybridized carbons (Fsp3) is 0.316. The van der Waals surface area contributed by atoms with E-state index >= 15 is 0 Å². The van der Waals surface area contributed by atoms with Crippen LogP contribution in [0.3, 0.4) is 0 Å². The molecule has 0 aliphatic carbocycles. The van der Waals surface area contributed by atoms with Crippen molar-refractivity contribution in [3.8, 4) is 0 Å². The van der Waals surface area contributed by atoms with Crippen LogP contribution in [0.15, 0.2) is 36.4 Å². The van der Waals surface area contributed by atoms with Crippen molar-refractivity contribution in [1.82, 2.24) is 5.32 Å². The maximum atomic E-state index is 13.3. The molecule has 1 amide bonds. The molecule has 0 aromatic heterocycles. The Bertz CT molecular complexity index is 959. The molecule has 160 valence electrons. The van der Waals surface area contributed by atoms with Crippen LogP contribution < -0.4 is 10.2 Å². The summed E-state index contributed by atoms with van der Waals surface area (Å²) in [6.45, 7) is 1.19. The number of benzene rings is 2. The second-order valence-corrected chi connectivity index (χ2v) is 6.54. The van der Waals surface area contributed by atoms with Crippen molar-refractivity contribution in [2.75, 3.05) is 31.2 Å². The van der Waals surface area contributed by atoms with Crippen molar-refractivity contribution >= 4 is 17.3 Å². The minimum absolute atomic E-state index is 0.0400. The first kappa shape index (κ1) is 21.5. The number of amides is 1. The number of morpholine rings is 1. The normalized spacial score (nSPS) is 14.5. The lowest BCUT2D eigenvalue weighted by Crippen LogP contribution is -2.38. The van der Waals surface area contributed by atoms with E-state index in [1.165, 1.54) is 12.1 Å². The van der Waals surface area contributed by atoms with Crippen LogP contribution >= 0.6 is 0 Å². The van der Waals surface area contributed by atoms with Crippen LogP contribution in [0.25, 0.3) is 0 Å². The summed E-state index contributed by atoms with van der Waals surface area (Å²) in [5, 5.41) is 13.5. The van der Waals surface area contributed by atoms with Crippen LogP contribution in [0.1, 0.15) is 21.5 Å². The largest absolute Gasteiger partial charge is 0.416 e. The molecule has 11 heteroatoms. The van der Waals surface area contributed by atoms with Gasteiger partial charge < -0.3 is 15.0 Å². The zero-order valence-electron chi connectivity index (χ0n) is 15.5. The summed E-state index contributed by atoms with van der Waals surface area (Å²) >= 11 is 0. The van der Waals surface area contributed by atoms with Crippen molar-refractivity contribution in [2.45, 2.75) is 12.7 Å². The summed E-state index contributed by atoms with van der Waals surface area (Å²) in [7, 11) is 0. The number of hydrogen-bond donors (Lipinski definition) is 1. The summed E-state index contributed by atoms with van der Waals surface area (Å²) in [4.78, 5) is 25.0. The molecule has 1 fully saturated rings. The molecule has 1 saturated heterocycles. The number of alkyl halides is 3. The lowest BCUT2D eigenvalue weighted by Gasteiger charge is -2.30. The Labute approximate surface area is 168 Å². The van der Waals surface area contributed by atoms with Gasteiger partial charge in [0, 0.05) is 31.8 Å². The lowest BCUT2D eigenvalue weighted by molar-refractivity contribution is -0.384. The van der Waals surface area contributed by atoms with Crippen LogP contribution in [-0.4, -0.2) is 37.1 Å². The van der Waals surface area contributed by atoms with Crippen LogP contribution in [0, 0.1) is 15.9 Å². The second kappa shape index (κ2) is 8.66. The maximum absolute atomic E-state index is 13.3. The molecule has 1 N–H and O–H groups in total. The topological polar surface area (TPSA) is 84.7 Å². The molecule has 0 unspecified atom stereocenters. The quantitative estimate of drug-likeness (QED) is 0.449. The molecule has 7 nitrogen and oxygen atoms in total. The summed E-state index contributed by atoms with van der Waals surface area (Å²) in [6.07, 6.45) is -4.80. The van der Waals surface area contributed by atoms with Crippen molar-refractivity contribution in [3.05, 3.63) is 69.0 Å². The number of ether oxygens (including phenoxy) is 1. The van der Waals surface area contributed by atoms with E-state index in [9.17, 15) is 32.5 Å². The van der Waals surface area contributed by atoms with E-state index in [4.69, 9.17) is 4.74 Å². The number of carbonyl (C=O) groups is 1. The van der Waals surface area contributed by atoms with Gasteiger partial charge >= 0.3 is 6.18 Å². The SMILES string of the molecule is O=C(NCc1ccc(F)cc1C(F)(F)F)c1cc([N+](=O)[O-])ccc1N1CCOCC1. The Kier molecular flexibility index (Phi) is 6.20. The first-order valence-corrected chi connectivity index (χ1v) is 8.92. The number of hydrogen-bond acceptors (Lipinski definition) is 5. The Morgan fingerprint density at radius 3 is 2.50 bits per heavy atom. The predicted molar refractivity (Wildman–Crippen MR) is 98.7 cm³/mol. The molecule has 0 saturated carbocycles. The van der Waals surface area contributed by atoms with Crippen LogP contribution in [0.5, 0.6) is 0 Å². The summed E-state index contributed by atoms with van der Waals surface area (Å²) in [5.74, 6) is -1.83. The minimum Gasteiger partial charge on any atom is -0.378 e. The van der Waals surface area contributed by atoms with Gasteiger partial charge in [0.05, 0.1) is 35.0 Å². The number of anilines is 1. The molecule has 2 aromatic carbocycles. The molecule has 1 aliphatic heterocycles. The van der Waals surface area contributed by atoms with Gasteiger partial charge in [0.1, 0.15) is 5.82 Å². The lowest BCUT2D eigenvalue weighted by atomic mass is 10.1. The number of non-ortho nitro benzene ring substituents is 1. The zero-order chi connectivity index (χ0) is 21.9. The average Bonchev–Trinajstić information content (AvgIpc) is 2.72. The van der Waals surface area contributed by atoms with Gasteiger partial charge in [-0.25, -0.2) is 4.39 Å². The number of carbonyl (C=O) groups excluding carboxylic acids is 1.